The molecule has 3 heteroatoms. The molecule has 1 saturated heterocycles. The highest BCUT2D eigenvalue weighted by Crippen LogP contribution is 2.32. The lowest BCUT2D eigenvalue weighted by Gasteiger charge is -2.24. The van der Waals surface area contributed by atoms with Crippen LogP contribution in [-0.4, -0.2) is 23.6 Å². The van der Waals surface area contributed by atoms with Crippen molar-refractivity contribution >= 4 is 17.4 Å². The maximum Gasteiger partial charge on any atom is 0.0369 e. The summed E-state index contributed by atoms with van der Waals surface area (Å²) in [5.74, 6) is 1.21. The van der Waals surface area contributed by atoms with E-state index in [-0.39, 0.29) is 0 Å². The molecule has 2 rings (SSSR count). The first kappa shape index (κ1) is 12.8. The fourth-order valence-corrected chi connectivity index (χ4v) is 3.26. The molecule has 1 aromatic carbocycles. The quantitative estimate of drug-likeness (QED) is 0.875. The molecular formula is C14H22N2S. The van der Waals surface area contributed by atoms with Gasteiger partial charge in [0.25, 0.3) is 0 Å². The highest BCUT2D eigenvalue weighted by atomic mass is 32.2. The van der Waals surface area contributed by atoms with E-state index in [1.165, 1.54) is 23.4 Å². The second-order valence-electron chi connectivity index (χ2n) is 5.22. The Morgan fingerprint density at radius 1 is 1.35 bits per heavy atom. The summed E-state index contributed by atoms with van der Waals surface area (Å²) in [6.07, 6.45) is 1.24. The lowest BCUT2D eigenvalue weighted by Crippen LogP contribution is -2.27. The van der Waals surface area contributed by atoms with Gasteiger partial charge in [0, 0.05) is 35.8 Å². The number of nitrogens with two attached hydrogens (primary N) is 1. The van der Waals surface area contributed by atoms with Crippen LogP contribution in [0.5, 0.6) is 0 Å². The van der Waals surface area contributed by atoms with Crippen LogP contribution in [0, 0.1) is 0 Å². The number of thioether (sulfide) groups is 1. The maximum absolute atomic E-state index is 5.70. The van der Waals surface area contributed by atoms with Crippen LogP contribution < -0.4 is 10.6 Å². The van der Waals surface area contributed by atoms with Crippen LogP contribution in [0.2, 0.25) is 0 Å². The first-order chi connectivity index (χ1) is 8.11. The van der Waals surface area contributed by atoms with Gasteiger partial charge in [-0.2, -0.15) is 11.8 Å². The van der Waals surface area contributed by atoms with Gasteiger partial charge in [-0.15, -0.1) is 0 Å². The summed E-state index contributed by atoms with van der Waals surface area (Å²) < 4.78 is 0.417. The zero-order chi connectivity index (χ0) is 12.3. The molecule has 1 fully saturated rings. The predicted octanol–water partition coefficient (Wildman–Crippen LogP) is 2.87. The molecule has 1 heterocycles. The van der Waals surface area contributed by atoms with Crippen molar-refractivity contribution in [1.29, 1.82) is 0 Å². The van der Waals surface area contributed by atoms with Crippen LogP contribution in [0.25, 0.3) is 0 Å². The van der Waals surface area contributed by atoms with E-state index in [4.69, 9.17) is 5.73 Å². The standard InChI is InChI=1S/C14H22N2S/c1-14(2)6-7-16(8-9-17-14)13-5-3-4-12(10-13)11-15/h3-5,10H,6-9,11,15H2,1-2H3. The highest BCUT2D eigenvalue weighted by molar-refractivity contribution is 8.00. The fourth-order valence-electron chi connectivity index (χ4n) is 2.16. The summed E-state index contributed by atoms with van der Waals surface area (Å²) in [6, 6.07) is 8.63. The van der Waals surface area contributed by atoms with Crippen molar-refractivity contribution in [3.05, 3.63) is 29.8 Å². The number of hydrogen-bond donors (Lipinski definition) is 1. The Hall–Kier alpha value is -0.670. The molecule has 0 bridgehead atoms. The number of anilines is 1. The predicted molar refractivity (Wildman–Crippen MR) is 77.7 cm³/mol. The van der Waals surface area contributed by atoms with E-state index in [0.717, 1.165) is 13.1 Å². The minimum Gasteiger partial charge on any atom is -0.371 e. The molecule has 1 aliphatic heterocycles. The molecule has 0 aliphatic carbocycles. The van der Waals surface area contributed by atoms with Gasteiger partial charge in [0.15, 0.2) is 0 Å². The first-order valence-corrected chi connectivity index (χ1v) is 7.27. The van der Waals surface area contributed by atoms with E-state index in [1.807, 2.05) is 0 Å². The summed E-state index contributed by atoms with van der Waals surface area (Å²) in [5.41, 5.74) is 8.25. The second-order valence-corrected chi connectivity index (χ2v) is 7.02. The largest absolute Gasteiger partial charge is 0.371 e. The molecule has 0 radical (unpaired) electrons. The van der Waals surface area contributed by atoms with E-state index in [9.17, 15) is 0 Å². The fraction of sp³-hybridized carbons (Fsp3) is 0.571. The molecule has 17 heavy (non-hydrogen) atoms. The van der Waals surface area contributed by atoms with Gasteiger partial charge in [-0.25, -0.2) is 0 Å². The zero-order valence-corrected chi connectivity index (χ0v) is 11.6. The van der Waals surface area contributed by atoms with Crippen LogP contribution in [0.15, 0.2) is 24.3 Å². The zero-order valence-electron chi connectivity index (χ0n) is 10.8. The molecule has 0 saturated carbocycles. The van der Waals surface area contributed by atoms with Gasteiger partial charge in [-0.05, 0) is 24.1 Å². The van der Waals surface area contributed by atoms with Crippen molar-refractivity contribution in [1.82, 2.24) is 0 Å². The molecule has 2 N–H and O–H groups in total. The normalized spacial score (nSPS) is 20.1. The van der Waals surface area contributed by atoms with Crippen molar-refractivity contribution in [2.75, 3.05) is 23.7 Å². The van der Waals surface area contributed by atoms with Crippen LogP contribution >= 0.6 is 11.8 Å². The van der Waals surface area contributed by atoms with E-state index in [1.54, 1.807) is 0 Å². The Morgan fingerprint density at radius 2 is 2.18 bits per heavy atom. The minimum atomic E-state index is 0.417. The van der Waals surface area contributed by atoms with Crippen molar-refractivity contribution in [2.45, 2.75) is 31.6 Å². The highest BCUT2D eigenvalue weighted by Gasteiger charge is 2.23. The minimum absolute atomic E-state index is 0.417. The van der Waals surface area contributed by atoms with Crippen molar-refractivity contribution in [3.8, 4) is 0 Å². The summed E-state index contributed by atoms with van der Waals surface area (Å²) in [6.45, 7) is 7.60. The van der Waals surface area contributed by atoms with Crippen molar-refractivity contribution in [3.63, 3.8) is 0 Å². The molecule has 0 amide bonds. The van der Waals surface area contributed by atoms with E-state index >= 15 is 0 Å². The van der Waals surface area contributed by atoms with Gasteiger partial charge in [0.1, 0.15) is 0 Å². The van der Waals surface area contributed by atoms with Gasteiger partial charge in [-0.1, -0.05) is 26.0 Å². The van der Waals surface area contributed by atoms with Crippen LogP contribution in [0.1, 0.15) is 25.8 Å². The van der Waals surface area contributed by atoms with Gasteiger partial charge in [0.2, 0.25) is 0 Å². The summed E-state index contributed by atoms with van der Waals surface area (Å²) in [7, 11) is 0. The summed E-state index contributed by atoms with van der Waals surface area (Å²) in [4.78, 5) is 2.49. The first-order valence-electron chi connectivity index (χ1n) is 6.29. The third kappa shape index (κ3) is 3.39. The van der Waals surface area contributed by atoms with Gasteiger partial charge in [0.05, 0.1) is 0 Å². The molecule has 0 unspecified atom stereocenters. The van der Waals surface area contributed by atoms with Crippen LogP contribution in [-0.2, 0) is 6.54 Å². The average molecular weight is 250 g/mol. The molecule has 1 aliphatic rings. The van der Waals surface area contributed by atoms with Crippen LogP contribution in [0.4, 0.5) is 5.69 Å². The number of nitrogens with zero attached hydrogens (tertiary/aromatic N) is 1. The molecule has 0 atom stereocenters. The second kappa shape index (κ2) is 5.32. The number of rotatable bonds is 2. The summed E-state index contributed by atoms with van der Waals surface area (Å²) in [5, 5.41) is 0. The Labute approximate surface area is 109 Å². The van der Waals surface area contributed by atoms with Crippen LogP contribution in [0.3, 0.4) is 0 Å². The van der Waals surface area contributed by atoms with E-state index in [0.29, 0.717) is 11.3 Å². The Balaban J connectivity index is 2.11. The Kier molecular flexibility index (Phi) is 4.00. The van der Waals surface area contributed by atoms with Gasteiger partial charge >= 0.3 is 0 Å². The Morgan fingerprint density at radius 3 is 2.94 bits per heavy atom. The third-order valence-corrected chi connectivity index (χ3v) is 4.72. The molecular weight excluding hydrogens is 228 g/mol. The summed E-state index contributed by atoms with van der Waals surface area (Å²) >= 11 is 2.08. The smallest absolute Gasteiger partial charge is 0.0369 e. The van der Waals surface area contributed by atoms with E-state index < -0.39 is 0 Å². The Bertz CT molecular complexity index is 376. The molecule has 0 aromatic heterocycles. The number of hydrogen-bond acceptors (Lipinski definition) is 3. The monoisotopic (exact) mass is 250 g/mol. The average Bonchev–Trinajstić information content (AvgIpc) is 2.50. The number of benzene rings is 1. The third-order valence-electron chi connectivity index (χ3n) is 3.35. The van der Waals surface area contributed by atoms with Gasteiger partial charge in [-0.3, -0.25) is 0 Å². The van der Waals surface area contributed by atoms with Gasteiger partial charge < -0.3 is 10.6 Å². The van der Waals surface area contributed by atoms with E-state index in [2.05, 4.69) is 54.8 Å². The SMILES string of the molecule is CC1(C)CCN(c2cccc(CN)c2)CCS1. The molecule has 2 nitrogen and oxygen atoms in total. The van der Waals surface area contributed by atoms with Crippen molar-refractivity contribution < 1.29 is 0 Å². The lowest BCUT2D eigenvalue weighted by atomic mass is 10.1. The van der Waals surface area contributed by atoms with Crippen molar-refractivity contribution in [2.24, 2.45) is 5.73 Å². The molecule has 94 valence electrons. The lowest BCUT2D eigenvalue weighted by molar-refractivity contribution is 0.637. The topological polar surface area (TPSA) is 29.3 Å². The molecule has 1 aromatic rings. The maximum atomic E-state index is 5.70. The molecule has 0 spiro atoms.